The molecule has 3 aromatic rings. The summed E-state index contributed by atoms with van der Waals surface area (Å²) >= 11 is 5.76. The van der Waals surface area contributed by atoms with E-state index in [0.717, 1.165) is 0 Å². The van der Waals surface area contributed by atoms with E-state index in [1.807, 2.05) is 0 Å². The summed E-state index contributed by atoms with van der Waals surface area (Å²) in [7, 11) is 0. The Balaban J connectivity index is 1.95. The number of nitrogens with zero attached hydrogens (tertiary/aromatic N) is 4. The van der Waals surface area contributed by atoms with Crippen LogP contribution in [0.3, 0.4) is 0 Å². The van der Waals surface area contributed by atoms with Gasteiger partial charge >= 0.3 is 0 Å². The van der Waals surface area contributed by atoms with Gasteiger partial charge in [0, 0.05) is 29.3 Å². The number of hydrogen-bond donors (Lipinski definition) is 0. The predicted molar refractivity (Wildman–Crippen MR) is 83.5 cm³/mol. The lowest BCUT2D eigenvalue weighted by Crippen LogP contribution is -1.90. The van der Waals surface area contributed by atoms with Gasteiger partial charge in [0.15, 0.2) is 0 Å². The number of hydrogen-bond acceptors (Lipinski definition) is 7. The first-order valence-corrected chi connectivity index (χ1v) is 6.86. The first-order valence-electron chi connectivity index (χ1n) is 6.48. The molecule has 0 atom stereocenters. The van der Waals surface area contributed by atoms with Gasteiger partial charge in [-0.3, -0.25) is 20.2 Å². The topological polar surface area (TPSA) is 125 Å². The second kappa shape index (κ2) is 6.05. The van der Waals surface area contributed by atoms with Crippen molar-refractivity contribution >= 4 is 23.0 Å². The fourth-order valence-electron chi connectivity index (χ4n) is 1.98. The highest BCUT2D eigenvalue weighted by atomic mass is 35.5. The van der Waals surface area contributed by atoms with Crippen LogP contribution in [0.4, 0.5) is 11.4 Å². The van der Waals surface area contributed by atoms with Crippen LogP contribution in [-0.2, 0) is 0 Å². The fourth-order valence-corrected chi connectivity index (χ4v) is 2.16. The van der Waals surface area contributed by atoms with E-state index in [-0.39, 0.29) is 28.1 Å². The maximum absolute atomic E-state index is 10.9. The van der Waals surface area contributed by atoms with Crippen LogP contribution in [-0.4, -0.2) is 20.0 Å². The van der Waals surface area contributed by atoms with Crippen molar-refractivity contribution in [1.82, 2.24) is 10.1 Å². The number of halogens is 1. The quantitative estimate of drug-likeness (QED) is 0.518. The minimum atomic E-state index is -0.612. The highest BCUT2D eigenvalue weighted by molar-refractivity contribution is 6.32. The lowest BCUT2D eigenvalue weighted by Gasteiger charge is -1.97. The van der Waals surface area contributed by atoms with Crippen molar-refractivity contribution in [2.75, 3.05) is 0 Å². The number of non-ortho nitro benzene ring substituents is 1. The maximum atomic E-state index is 10.9. The smallest absolute Gasteiger partial charge is 0.288 e. The molecule has 0 unspecified atom stereocenters. The molecule has 0 fully saturated rings. The molecule has 0 saturated heterocycles. The van der Waals surface area contributed by atoms with Crippen molar-refractivity contribution in [3.8, 4) is 22.8 Å². The molecule has 24 heavy (non-hydrogen) atoms. The Morgan fingerprint density at radius 1 is 0.958 bits per heavy atom. The van der Waals surface area contributed by atoms with E-state index in [1.165, 1.54) is 42.5 Å². The van der Waals surface area contributed by atoms with E-state index in [9.17, 15) is 20.2 Å². The van der Waals surface area contributed by atoms with Gasteiger partial charge in [-0.25, -0.2) is 0 Å². The Hall–Kier alpha value is -3.33. The molecule has 0 radical (unpaired) electrons. The van der Waals surface area contributed by atoms with Crippen molar-refractivity contribution in [1.29, 1.82) is 0 Å². The third-order valence-corrected chi connectivity index (χ3v) is 3.47. The van der Waals surface area contributed by atoms with Crippen LogP contribution in [0.1, 0.15) is 0 Å². The molecular formula is C14H7ClN4O5. The van der Waals surface area contributed by atoms with E-state index in [4.69, 9.17) is 16.1 Å². The van der Waals surface area contributed by atoms with E-state index in [0.29, 0.717) is 11.1 Å². The monoisotopic (exact) mass is 346 g/mol. The summed E-state index contributed by atoms with van der Waals surface area (Å²) in [5.41, 5.74) is 0.519. The molecule has 10 heteroatoms. The Morgan fingerprint density at radius 3 is 2.25 bits per heavy atom. The summed E-state index contributed by atoms with van der Waals surface area (Å²) in [5, 5.41) is 25.3. The van der Waals surface area contributed by atoms with Gasteiger partial charge in [0.25, 0.3) is 17.3 Å². The van der Waals surface area contributed by atoms with E-state index >= 15 is 0 Å². The molecule has 0 aliphatic rings. The third kappa shape index (κ3) is 2.92. The molecule has 0 aliphatic heterocycles. The van der Waals surface area contributed by atoms with E-state index < -0.39 is 9.85 Å². The van der Waals surface area contributed by atoms with E-state index in [1.54, 1.807) is 0 Å². The summed E-state index contributed by atoms with van der Waals surface area (Å²) < 4.78 is 5.10. The van der Waals surface area contributed by atoms with Crippen LogP contribution in [0.2, 0.25) is 5.02 Å². The minimum Gasteiger partial charge on any atom is -0.334 e. The number of aromatic nitrogens is 2. The average molecular weight is 347 g/mol. The molecule has 0 aliphatic carbocycles. The van der Waals surface area contributed by atoms with Crippen molar-refractivity contribution in [3.05, 3.63) is 67.7 Å². The Bertz CT molecular complexity index is 939. The molecule has 1 heterocycles. The molecule has 0 saturated carbocycles. The molecule has 0 bridgehead atoms. The first kappa shape index (κ1) is 15.6. The zero-order valence-corrected chi connectivity index (χ0v) is 12.5. The van der Waals surface area contributed by atoms with Gasteiger partial charge in [-0.1, -0.05) is 16.8 Å². The van der Waals surface area contributed by atoms with Crippen LogP contribution < -0.4 is 0 Å². The highest BCUT2D eigenvalue weighted by Gasteiger charge is 2.17. The second-order valence-corrected chi connectivity index (χ2v) is 5.06. The molecule has 0 spiro atoms. The summed E-state index contributed by atoms with van der Waals surface area (Å²) in [6, 6.07) is 9.72. The predicted octanol–water partition coefficient (Wildman–Crippen LogP) is 3.87. The highest BCUT2D eigenvalue weighted by Crippen LogP contribution is 2.30. The lowest BCUT2D eigenvalue weighted by molar-refractivity contribution is -0.384. The standard InChI is InChI=1S/C14H7ClN4O5/c15-11-6-3-9(7-12(11)19(22)23)14-16-13(17-24-14)8-1-4-10(5-2-8)18(20)21/h1-7H. The Kier molecular flexibility index (Phi) is 3.92. The lowest BCUT2D eigenvalue weighted by atomic mass is 10.2. The van der Waals surface area contributed by atoms with Gasteiger partial charge < -0.3 is 4.52 Å². The fraction of sp³-hybridized carbons (Fsp3) is 0. The number of rotatable bonds is 4. The van der Waals surface area contributed by atoms with Crippen LogP contribution in [0.15, 0.2) is 47.0 Å². The van der Waals surface area contributed by atoms with Gasteiger partial charge in [0.1, 0.15) is 5.02 Å². The molecule has 120 valence electrons. The third-order valence-electron chi connectivity index (χ3n) is 3.15. The molecular weight excluding hydrogens is 340 g/mol. The molecule has 2 aromatic carbocycles. The number of nitro groups is 2. The van der Waals surface area contributed by atoms with Crippen LogP contribution in [0.5, 0.6) is 0 Å². The maximum Gasteiger partial charge on any atom is 0.288 e. The Morgan fingerprint density at radius 2 is 1.62 bits per heavy atom. The van der Waals surface area contributed by atoms with Crippen LogP contribution in [0.25, 0.3) is 22.8 Å². The summed E-state index contributed by atoms with van der Waals surface area (Å²) in [6.07, 6.45) is 0. The zero-order valence-electron chi connectivity index (χ0n) is 11.7. The van der Waals surface area contributed by atoms with Gasteiger partial charge in [0.05, 0.1) is 9.85 Å². The first-order chi connectivity index (χ1) is 11.5. The van der Waals surface area contributed by atoms with Crippen molar-refractivity contribution < 1.29 is 14.4 Å². The summed E-state index contributed by atoms with van der Waals surface area (Å²) in [4.78, 5) is 24.6. The second-order valence-electron chi connectivity index (χ2n) is 4.65. The van der Waals surface area contributed by atoms with Crippen molar-refractivity contribution in [2.24, 2.45) is 0 Å². The Labute approximate surface area is 138 Å². The zero-order chi connectivity index (χ0) is 17.3. The van der Waals surface area contributed by atoms with Gasteiger partial charge in [0.2, 0.25) is 5.82 Å². The summed E-state index contributed by atoms with van der Waals surface area (Å²) in [5.74, 6) is 0.278. The normalized spacial score (nSPS) is 10.5. The van der Waals surface area contributed by atoms with Crippen LogP contribution >= 0.6 is 11.6 Å². The molecule has 9 nitrogen and oxygen atoms in total. The van der Waals surface area contributed by atoms with Gasteiger partial charge in [-0.2, -0.15) is 4.98 Å². The van der Waals surface area contributed by atoms with Crippen molar-refractivity contribution in [3.63, 3.8) is 0 Å². The summed E-state index contributed by atoms with van der Waals surface area (Å²) in [6.45, 7) is 0. The van der Waals surface area contributed by atoms with Gasteiger partial charge in [-0.05, 0) is 24.3 Å². The number of nitro benzene ring substituents is 2. The van der Waals surface area contributed by atoms with Crippen molar-refractivity contribution in [2.45, 2.75) is 0 Å². The molecule has 3 rings (SSSR count). The van der Waals surface area contributed by atoms with Crippen LogP contribution in [0, 0.1) is 20.2 Å². The van der Waals surface area contributed by atoms with E-state index in [2.05, 4.69) is 10.1 Å². The largest absolute Gasteiger partial charge is 0.334 e. The minimum absolute atomic E-state index is 0.00106. The molecule has 0 N–H and O–H groups in total. The molecule has 1 aromatic heterocycles. The average Bonchev–Trinajstić information content (AvgIpc) is 3.05. The number of benzene rings is 2. The van der Waals surface area contributed by atoms with Gasteiger partial charge in [-0.15, -0.1) is 0 Å². The SMILES string of the molecule is O=[N+]([O-])c1ccc(-c2noc(-c3ccc(Cl)c([N+](=O)[O-])c3)n2)cc1. The molecule has 0 amide bonds.